The number of benzene rings is 1. The summed E-state index contributed by atoms with van der Waals surface area (Å²) in [7, 11) is 0. The van der Waals surface area contributed by atoms with Gasteiger partial charge in [0.2, 0.25) is 5.89 Å². The van der Waals surface area contributed by atoms with Crippen molar-refractivity contribution in [3.63, 3.8) is 0 Å². The lowest BCUT2D eigenvalue weighted by Gasteiger charge is -1.99. The zero-order valence-electron chi connectivity index (χ0n) is 10.1. The smallest absolute Gasteiger partial charge is 0.226 e. The molecule has 6 heteroatoms. The third-order valence-electron chi connectivity index (χ3n) is 2.54. The van der Waals surface area contributed by atoms with Crippen LogP contribution < -0.4 is 0 Å². The zero-order valence-corrected chi connectivity index (χ0v) is 11.6. The first kappa shape index (κ1) is 13.9. The van der Waals surface area contributed by atoms with Gasteiger partial charge in [0.1, 0.15) is 0 Å². The van der Waals surface area contributed by atoms with E-state index in [1.54, 1.807) is 12.1 Å². The minimum atomic E-state index is 0.491. The highest BCUT2D eigenvalue weighted by Gasteiger charge is 2.08. The van der Waals surface area contributed by atoms with E-state index < -0.39 is 0 Å². The molecule has 0 bridgehead atoms. The molecule has 0 unspecified atom stereocenters. The van der Waals surface area contributed by atoms with Crippen LogP contribution in [0.5, 0.6) is 0 Å². The second kappa shape index (κ2) is 6.55. The molecule has 0 saturated carbocycles. The first-order chi connectivity index (χ1) is 9.19. The third kappa shape index (κ3) is 3.95. The summed E-state index contributed by atoms with van der Waals surface area (Å²) in [5.41, 5.74) is 0.971. The van der Waals surface area contributed by atoms with Crippen LogP contribution in [0.15, 0.2) is 22.7 Å². The Morgan fingerprint density at radius 1 is 1.26 bits per heavy atom. The van der Waals surface area contributed by atoms with Gasteiger partial charge in [-0.15, -0.1) is 0 Å². The molecule has 0 spiro atoms. The predicted molar refractivity (Wildman–Crippen MR) is 72.1 cm³/mol. The van der Waals surface area contributed by atoms with Gasteiger partial charge in [-0.05, 0) is 24.1 Å². The fourth-order valence-corrected chi connectivity index (χ4v) is 1.94. The summed E-state index contributed by atoms with van der Waals surface area (Å²) < 4.78 is 5.11. The molecule has 0 aliphatic carbocycles. The lowest BCUT2D eigenvalue weighted by molar-refractivity contribution is 0.371. The lowest BCUT2D eigenvalue weighted by Crippen LogP contribution is -1.92. The van der Waals surface area contributed by atoms with Gasteiger partial charge in [0.15, 0.2) is 5.82 Å². The maximum Gasteiger partial charge on any atom is 0.226 e. The van der Waals surface area contributed by atoms with Crippen LogP contribution >= 0.6 is 23.2 Å². The van der Waals surface area contributed by atoms with Crippen LogP contribution in [0.1, 0.15) is 30.1 Å². The Kier molecular flexibility index (Phi) is 4.78. The average molecular weight is 296 g/mol. The molecule has 0 N–H and O–H groups in total. The Bertz CT molecular complexity index is 604. The lowest BCUT2D eigenvalue weighted by atomic mass is 10.1. The summed E-state index contributed by atoms with van der Waals surface area (Å²) in [6.45, 7) is 0. The number of aromatic nitrogens is 2. The highest BCUT2D eigenvalue weighted by Crippen LogP contribution is 2.23. The number of nitrogens with zero attached hydrogens (tertiary/aromatic N) is 3. The molecular formula is C13H11Cl2N3O. The first-order valence-corrected chi connectivity index (χ1v) is 6.57. The van der Waals surface area contributed by atoms with Gasteiger partial charge in [0.25, 0.3) is 0 Å². The second-order valence-electron chi connectivity index (χ2n) is 4.04. The molecule has 1 aromatic heterocycles. The Labute approximate surface area is 120 Å². The fourth-order valence-electron chi connectivity index (χ4n) is 1.61. The van der Waals surface area contributed by atoms with Crippen molar-refractivity contribution in [1.82, 2.24) is 10.1 Å². The van der Waals surface area contributed by atoms with Crippen molar-refractivity contribution < 1.29 is 4.52 Å². The van der Waals surface area contributed by atoms with Crippen LogP contribution in [0, 0.1) is 11.3 Å². The highest BCUT2D eigenvalue weighted by molar-refractivity contribution is 6.42. The Hall–Kier alpha value is -1.57. The van der Waals surface area contributed by atoms with Gasteiger partial charge in [-0.25, -0.2) is 0 Å². The van der Waals surface area contributed by atoms with Crippen LogP contribution in [0.4, 0.5) is 0 Å². The largest absolute Gasteiger partial charge is 0.339 e. The SMILES string of the molecule is N#CCCCc1nc(Cc2ccc(Cl)c(Cl)c2)no1. The molecule has 1 aromatic carbocycles. The highest BCUT2D eigenvalue weighted by atomic mass is 35.5. The number of halogens is 2. The quantitative estimate of drug-likeness (QED) is 0.787. The van der Waals surface area contributed by atoms with Crippen molar-refractivity contribution in [3.8, 4) is 6.07 Å². The molecule has 98 valence electrons. The van der Waals surface area contributed by atoms with E-state index in [0.717, 1.165) is 12.0 Å². The topological polar surface area (TPSA) is 62.7 Å². The van der Waals surface area contributed by atoms with E-state index in [-0.39, 0.29) is 0 Å². The second-order valence-corrected chi connectivity index (χ2v) is 4.86. The summed E-state index contributed by atoms with van der Waals surface area (Å²) in [6.07, 6.45) is 2.38. The number of hydrogen-bond acceptors (Lipinski definition) is 4. The Balaban J connectivity index is 1.99. The van der Waals surface area contributed by atoms with E-state index in [0.29, 0.717) is 41.0 Å². The molecule has 0 aliphatic heterocycles. The van der Waals surface area contributed by atoms with E-state index >= 15 is 0 Å². The summed E-state index contributed by atoms with van der Waals surface area (Å²) >= 11 is 11.8. The molecule has 2 aromatic rings. The van der Waals surface area contributed by atoms with Crippen LogP contribution in [-0.2, 0) is 12.8 Å². The molecule has 2 rings (SSSR count). The normalized spacial score (nSPS) is 10.4. The van der Waals surface area contributed by atoms with Crippen LogP contribution in [-0.4, -0.2) is 10.1 Å². The van der Waals surface area contributed by atoms with Crippen LogP contribution in [0.2, 0.25) is 10.0 Å². The molecule has 4 nitrogen and oxygen atoms in total. The minimum absolute atomic E-state index is 0.491. The molecule has 0 fully saturated rings. The number of aryl methyl sites for hydroxylation is 1. The van der Waals surface area contributed by atoms with Gasteiger partial charge in [-0.1, -0.05) is 34.4 Å². The molecule has 1 heterocycles. The van der Waals surface area contributed by atoms with E-state index in [4.69, 9.17) is 33.0 Å². The molecule has 0 atom stereocenters. The molecular weight excluding hydrogens is 285 g/mol. The number of rotatable bonds is 5. The number of nitriles is 1. The van der Waals surface area contributed by atoms with Crippen molar-refractivity contribution in [1.29, 1.82) is 5.26 Å². The van der Waals surface area contributed by atoms with Crippen molar-refractivity contribution in [2.75, 3.05) is 0 Å². The monoisotopic (exact) mass is 295 g/mol. The van der Waals surface area contributed by atoms with Crippen molar-refractivity contribution in [3.05, 3.63) is 45.5 Å². The predicted octanol–water partition coefficient (Wildman–Crippen LogP) is 3.81. The maximum absolute atomic E-state index is 8.45. The standard InChI is InChI=1S/C13H11Cl2N3O/c14-10-5-4-9(7-11(10)15)8-12-17-13(19-18-12)3-1-2-6-16/h4-5,7H,1-3,8H2. The van der Waals surface area contributed by atoms with Crippen molar-refractivity contribution in [2.45, 2.75) is 25.7 Å². The zero-order chi connectivity index (χ0) is 13.7. The molecule has 19 heavy (non-hydrogen) atoms. The average Bonchev–Trinajstić information content (AvgIpc) is 2.82. The number of unbranched alkanes of at least 4 members (excludes halogenated alkanes) is 1. The Morgan fingerprint density at radius 2 is 2.11 bits per heavy atom. The van der Waals surface area contributed by atoms with Crippen molar-refractivity contribution in [2.24, 2.45) is 0 Å². The summed E-state index contributed by atoms with van der Waals surface area (Å²) in [5.74, 6) is 1.16. The number of hydrogen-bond donors (Lipinski definition) is 0. The van der Waals surface area contributed by atoms with Crippen molar-refractivity contribution >= 4 is 23.2 Å². The minimum Gasteiger partial charge on any atom is -0.339 e. The molecule has 0 amide bonds. The van der Waals surface area contributed by atoms with Gasteiger partial charge in [-0.3, -0.25) is 0 Å². The maximum atomic E-state index is 8.45. The van der Waals surface area contributed by atoms with Gasteiger partial charge < -0.3 is 4.52 Å². The fraction of sp³-hybridized carbons (Fsp3) is 0.308. The van der Waals surface area contributed by atoms with E-state index in [9.17, 15) is 0 Å². The summed E-state index contributed by atoms with van der Waals surface area (Å²) in [6, 6.07) is 7.48. The van der Waals surface area contributed by atoms with Gasteiger partial charge in [0.05, 0.1) is 16.1 Å². The Morgan fingerprint density at radius 3 is 2.84 bits per heavy atom. The molecule has 0 aliphatic rings. The van der Waals surface area contributed by atoms with Crippen LogP contribution in [0.3, 0.4) is 0 Å². The first-order valence-electron chi connectivity index (χ1n) is 5.81. The molecule has 0 saturated heterocycles. The van der Waals surface area contributed by atoms with Gasteiger partial charge in [-0.2, -0.15) is 10.2 Å². The summed E-state index contributed by atoms with van der Waals surface area (Å²) in [4.78, 5) is 4.27. The van der Waals surface area contributed by atoms with E-state index in [1.165, 1.54) is 0 Å². The van der Waals surface area contributed by atoms with Crippen LogP contribution in [0.25, 0.3) is 0 Å². The van der Waals surface area contributed by atoms with Gasteiger partial charge in [0, 0.05) is 19.3 Å². The van der Waals surface area contributed by atoms with E-state index in [1.807, 2.05) is 6.07 Å². The molecule has 0 radical (unpaired) electrons. The van der Waals surface area contributed by atoms with Gasteiger partial charge >= 0.3 is 0 Å². The third-order valence-corrected chi connectivity index (χ3v) is 3.27. The van der Waals surface area contributed by atoms with E-state index in [2.05, 4.69) is 16.2 Å². The summed E-state index contributed by atoms with van der Waals surface area (Å²) in [5, 5.41) is 13.4.